The number of carbonyl (C=O) groups excluding carboxylic acids is 1. The molecule has 1 aromatic carbocycles. The van der Waals surface area contributed by atoms with Crippen molar-refractivity contribution in [2.75, 3.05) is 46.8 Å². The molecule has 5 nitrogen and oxygen atoms in total. The number of benzene rings is 1. The second-order valence-corrected chi connectivity index (χ2v) is 6.94. The van der Waals surface area contributed by atoms with Gasteiger partial charge in [-0.15, -0.1) is 0 Å². The molecule has 1 N–H and O–H groups in total. The number of furan rings is 1. The number of fused-ring (bicyclic) bond motifs is 1. The second-order valence-electron chi connectivity index (χ2n) is 6.94. The van der Waals surface area contributed by atoms with E-state index >= 15 is 0 Å². The molecule has 2 aromatic rings. The van der Waals surface area contributed by atoms with Crippen molar-refractivity contribution in [2.45, 2.75) is 12.8 Å². The third kappa shape index (κ3) is 4.16. The number of nitrogens with one attached hydrogen (secondary N) is 1. The van der Waals surface area contributed by atoms with Gasteiger partial charge in [0, 0.05) is 25.0 Å². The molecule has 130 valence electrons. The van der Waals surface area contributed by atoms with E-state index in [2.05, 4.69) is 29.2 Å². The van der Waals surface area contributed by atoms with Crippen molar-refractivity contribution in [3.63, 3.8) is 0 Å². The maximum absolute atomic E-state index is 12.4. The van der Waals surface area contributed by atoms with E-state index in [1.54, 1.807) is 6.26 Å². The SMILES string of the molecule is CN(C)CCN1CCC(CNC(=O)c2coc3ccccc23)CC1. The van der Waals surface area contributed by atoms with E-state index in [0.29, 0.717) is 11.5 Å². The number of rotatable bonds is 6. The fourth-order valence-corrected chi connectivity index (χ4v) is 3.24. The molecule has 1 aliphatic heterocycles. The van der Waals surface area contributed by atoms with E-state index in [1.165, 1.54) is 0 Å². The molecule has 0 radical (unpaired) electrons. The number of hydrogen-bond acceptors (Lipinski definition) is 4. The van der Waals surface area contributed by atoms with Gasteiger partial charge >= 0.3 is 0 Å². The molecule has 5 heteroatoms. The van der Waals surface area contributed by atoms with Crippen LogP contribution in [0.4, 0.5) is 0 Å². The van der Waals surface area contributed by atoms with Crippen LogP contribution in [0.3, 0.4) is 0 Å². The van der Waals surface area contributed by atoms with E-state index in [0.717, 1.165) is 56.5 Å². The monoisotopic (exact) mass is 329 g/mol. The molecule has 0 spiro atoms. The fourth-order valence-electron chi connectivity index (χ4n) is 3.24. The summed E-state index contributed by atoms with van der Waals surface area (Å²) < 4.78 is 5.45. The summed E-state index contributed by atoms with van der Waals surface area (Å²) in [4.78, 5) is 17.2. The van der Waals surface area contributed by atoms with Gasteiger partial charge < -0.3 is 19.5 Å². The first-order valence-electron chi connectivity index (χ1n) is 8.75. The minimum atomic E-state index is -0.0324. The third-order valence-corrected chi connectivity index (χ3v) is 4.85. The summed E-state index contributed by atoms with van der Waals surface area (Å²) in [6.45, 7) is 5.24. The Hall–Kier alpha value is -1.85. The van der Waals surface area contributed by atoms with Crippen LogP contribution >= 0.6 is 0 Å². The largest absolute Gasteiger partial charge is 0.463 e. The highest BCUT2D eigenvalue weighted by atomic mass is 16.3. The van der Waals surface area contributed by atoms with Crippen LogP contribution in [-0.2, 0) is 0 Å². The van der Waals surface area contributed by atoms with Crippen LogP contribution in [0.1, 0.15) is 23.2 Å². The number of piperidine rings is 1. The topological polar surface area (TPSA) is 48.7 Å². The van der Waals surface area contributed by atoms with Gasteiger partial charge in [-0.1, -0.05) is 18.2 Å². The van der Waals surface area contributed by atoms with Gasteiger partial charge in [-0.2, -0.15) is 0 Å². The van der Waals surface area contributed by atoms with Crippen LogP contribution in [0.2, 0.25) is 0 Å². The maximum Gasteiger partial charge on any atom is 0.255 e. The summed E-state index contributed by atoms with van der Waals surface area (Å²) in [6.07, 6.45) is 3.86. The smallest absolute Gasteiger partial charge is 0.255 e. The van der Waals surface area contributed by atoms with Gasteiger partial charge in [-0.25, -0.2) is 0 Å². The molecule has 0 unspecified atom stereocenters. The van der Waals surface area contributed by atoms with Crippen molar-refractivity contribution < 1.29 is 9.21 Å². The molecule has 1 saturated heterocycles. The molecule has 1 amide bonds. The van der Waals surface area contributed by atoms with Crippen molar-refractivity contribution in [3.05, 3.63) is 36.1 Å². The predicted molar refractivity (Wildman–Crippen MR) is 96.3 cm³/mol. The molecule has 1 fully saturated rings. The molecular formula is C19H27N3O2. The lowest BCUT2D eigenvalue weighted by Crippen LogP contribution is -2.41. The lowest BCUT2D eigenvalue weighted by molar-refractivity contribution is 0.0936. The summed E-state index contributed by atoms with van der Waals surface area (Å²) in [5.74, 6) is 0.540. The van der Waals surface area contributed by atoms with E-state index in [4.69, 9.17) is 4.42 Å². The number of hydrogen-bond donors (Lipinski definition) is 1. The van der Waals surface area contributed by atoms with Gasteiger partial charge in [0.05, 0.1) is 5.56 Å². The Kier molecular flexibility index (Phi) is 5.53. The van der Waals surface area contributed by atoms with Gasteiger partial charge in [0.2, 0.25) is 0 Å². The van der Waals surface area contributed by atoms with Gasteiger partial charge in [0.15, 0.2) is 0 Å². The molecule has 0 atom stereocenters. The van der Waals surface area contributed by atoms with Crippen molar-refractivity contribution in [1.29, 1.82) is 0 Å². The van der Waals surface area contributed by atoms with Crippen molar-refractivity contribution in [2.24, 2.45) is 5.92 Å². The minimum absolute atomic E-state index is 0.0324. The Balaban J connectivity index is 1.46. The first-order valence-corrected chi connectivity index (χ1v) is 8.75. The standard InChI is InChI=1S/C19H27N3O2/c1-21(2)11-12-22-9-7-15(8-10-22)13-20-19(23)17-14-24-18-6-4-3-5-16(17)18/h3-6,14-15H,7-13H2,1-2H3,(H,20,23). The number of amides is 1. The first-order chi connectivity index (χ1) is 11.6. The molecule has 1 aliphatic rings. The quantitative estimate of drug-likeness (QED) is 0.884. The van der Waals surface area contributed by atoms with E-state index < -0.39 is 0 Å². The predicted octanol–water partition coefficient (Wildman–Crippen LogP) is 2.44. The summed E-state index contributed by atoms with van der Waals surface area (Å²) >= 11 is 0. The molecule has 0 aliphatic carbocycles. The van der Waals surface area contributed by atoms with Crippen LogP contribution in [0, 0.1) is 5.92 Å². The maximum atomic E-state index is 12.4. The van der Waals surface area contributed by atoms with Crippen molar-refractivity contribution >= 4 is 16.9 Å². The first kappa shape index (κ1) is 17.0. The highest BCUT2D eigenvalue weighted by Crippen LogP contribution is 2.21. The Morgan fingerprint density at radius 3 is 2.79 bits per heavy atom. The summed E-state index contributed by atoms with van der Waals surface area (Å²) in [5.41, 5.74) is 1.39. The van der Waals surface area contributed by atoms with Crippen LogP contribution in [0.15, 0.2) is 34.9 Å². The minimum Gasteiger partial charge on any atom is -0.463 e. The Labute approximate surface area is 143 Å². The molecule has 0 saturated carbocycles. The number of nitrogens with zero attached hydrogens (tertiary/aromatic N) is 2. The average Bonchev–Trinajstić information content (AvgIpc) is 3.03. The lowest BCUT2D eigenvalue weighted by Gasteiger charge is -2.32. The van der Waals surface area contributed by atoms with Crippen molar-refractivity contribution in [1.82, 2.24) is 15.1 Å². The molecule has 3 rings (SSSR count). The van der Waals surface area contributed by atoms with Crippen LogP contribution in [-0.4, -0.2) is 62.5 Å². The van der Waals surface area contributed by atoms with E-state index in [1.807, 2.05) is 24.3 Å². The molecule has 2 heterocycles. The molecular weight excluding hydrogens is 302 g/mol. The second kappa shape index (κ2) is 7.81. The van der Waals surface area contributed by atoms with Gasteiger partial charge in [0.25, 0.3) is 5.91 Å². The Bertz CT molecular complexity index is 672. The van der Waals surface area contributed by atoms with Gasteiger partial charge in [-0.3, -0.25) is 4.79 Å². The zero-order valence-electron chi connectivity index (χ0n) is 14.6. The summed E-state index contributed by atoms with van der Waals surface area (Å²) in [6, 6.07) is 7.65. The lowest BCUT2D eigenvalue weighted by atomic mass is 9.96. The van der Waals surface area contributed by atoms with Crippen molar-refractivity contribution in [3.8, 4) is 0 Å². The average molecular weight is 329 g/mol. The summed E-state index contributed by atoms with van der Waals surface area (Å²) in [7, 11) is 4.23. The van der Waals surface area contributed by atoms with Gasteiger partial charge in [0.1, 0.15) is 11.8 Å². The third-order valence-electron chi connectivity index (χ3n) is 4.85. The zero-order chi connectivity index (χ0) is 16.9. The molecule has 0 bridgehead atoms. The zero-order valence-corrected chi connectivity index (χ0v) is 14.6. The highest BCUT2D eigenvalue weighted by molar-refractivity contribution is 6.05. The fraction of sp³-hybridized carbons (Fsp3) is 0.526. The highest BCUT2D eigenvalue weighted by Gasteiger charge is 2.20. The molecule has 24 heavy (non-hydrogen) atoms. The van der Waals surface area contributed by atoms with Crippen LogP contribution in [0.25, 0.3) is 11.0 Å². The van der Waals surface area contributed by atoms with E-state index in [-0.39, 0.29) is 5.91 Å². The van der Waals surface area contributed by atoms with Gasteiger partial charge in [-0.05, 0) is 52.0 Å². The summed E-state index contributed by atoms with van der Waals surface area (Å²) in [5, 5.41) is 3.97. The van der Waals surface area contributed by atoms with Crippen LogP contribution < -0.4 is 5.32 Å². The van der Waals surface area contributed by atoms with Crippen LogP contribution in [0.5, 0.6) is 0 Å². The number of para-hydroxylation sites is 1. The Morgan fingerprint density at radius 1 is 1.29 bits per heavy atom. The number of likely N-dealkylation sites (tertiary alicyclic amines) is 1. The molecule has 1 aromatic heterocycles. The number of likely N-dealkylation sites (N-methyl/N-ethyl adjacent to an activating group) is 1. The van der Waals surface area contributed by atoms with E-state index in [9.17, 15) is 4.79 Å². The Morgan fingerprint density at radius 2 is 2.04 bits per heavy atom. The number of carbonyl (C=O) groups is 1. The normalized spacial score (nSPS) is 16.8.